The van der Waals surface area contributed by atoms with Gasteiger partial charge in [-0.25, -0.2) is 4.79 Å². The highest BCUT2D eigenvalue weighted by molar-refractivity contribution is 5.84. The van der Waals surface area contributed by atoms with Crippen molar-refractivity contribution in [3.63, 3.8) is 0 Å². The second-order valence-electron chi connectivity index (χ2n) is 6.22. The van der Waals surface area contributed by atoms with Crippen LogP contribution in [0, 0.1) is 17.0 Å². The van der Waals surface area contributed by atoms with Gasteiger partial charge in [0.05, 0.1) is 11.0 Å². The van der Waals surface area contributed by atoms with Crippen molar-refractivity contribution >= 4 is 17.6 Å². The third-order valence-electron chi connectivity index (χ3n) is 4.47. The minimum atomic E-state index is -0.430. The lowest BCUT2D eigenvalue weighted by Crippen LogP contribution is -2.44. The Hall–Kier alpha value is -2.64. The summed E-state index contributed by atoms with van der Waals surface area (Å²) in [5.41, 5.74) is 1.26. The lowest BCUT2D eigenvalue weighted by molar-refractivity contribution is -0.385. The molecule has 1 aromatic rings. The van der Waals surface area contributed by atoms with E-state index in [2.05, 4.69) is 5.32 Å². The summed E-state index contributed by atoms with van der Waals surface area (Å²) in [5, 5.41) is 13.9. The summed E-state index contributed by atoms with van der Waals surface area (Å²) in [7, 11) is 0. The van der Waals surface area contributed by atoms with Crippen molar-refractivity contribution in [2.45, 2.75) is 33.2 Å². The highest BCUT2D eigenvalue weighted by atomic mass is 16.6. The summed E-state index contributed by atoms with van der Waals surface area (Å²) in [6, 6.07) is 4.19. The third-order valence-corrected chi connectivity index (χ3v) is 4.47. The van der Waals surface area contributed by atoms with E-state index in [1.807, 2.05) is 6.92 Å². The summed E-state index contributed by atoms with van der Waals surface area (Å²) in [4.78, 5) is 38.4. The topological polar surface area (TPSA) is 95.8 Å². The van der Waals surface area contributed by atoms with Gasteiger partial charge in [-0.05, 0) is 32.8 Å². The number of rotatable bonds is 4. The van der Waals surface area contributed by atoms with Crippen LogP contribution in [-0.2, 0) is 4.79 Å². The smallest absolute Gasteiger partial charge is 0.318 e. The molecule has 1 aromatic carbocycles. The molecule has 0 unspecified atom stereocenters. The van der Waals surface area contributed by atoms with Crippen molar-refractivity contribution in [2.24, 2.45) is 0 Å². The predicted molar refractivity (Wildman–Crippen MR) is 93.2 cm³/mol. The molecule has 25 heavy (non-hydrogen) atoms. The molecule has 1 aliphatic rings. The molecule has 136 valence electrons. The Kier molecular flexibility index (Phi) is 5.95. The maximum absolute atomic E-state index is 12.5. The summed E-state index contributed by atoms with van der Waals surface area (Å²) in [5.74, 6) is -0.0613. The molecule has 3 amide bonds. The van der Waals surface area contributed by atoms with Gasteiger partial charge in [-0.15, -0.1) is 0 Å². The van der Waals surface area contributed by atoms with Gasteiger partial charge in [0, 0.05) is 31.3 Å². The zero-order valence-corrected chi connectivity index (χ0v) is 14.8. The van der Waals surface area contributed by atoms with Gasteiger partial charge < -0.3 is 15.1 Å². The number of hydrogen-bond donors (Lipinski definition) is 1. The number of urea groups is 1. The monoisotopic (exact) mass is 348 g/mol. The fraction of sp³-hybridized carbons (Fsp3) is 0.529. The van der Waals surface area contributed by atoms with Gasteiger partial charge >= 0.3 is 6.03 Å². The molecule has 0 aromatic heterocycles. The number of hydrogen-bond acceptors (Lipinski definition) is 4. The first kappa shape index (κ1) is 18.7. The van der Waals surface area contributed by atoms with Crippen molar-refractivity contribution in [2.75, 3.05) is 26.2 Å². The lowest BCUT2D eigenvalue weighted by atomic mass is 10.0. The molecule has 0 saturated carbocycles. The van der Waals surface area contributed by atoms with E-state index in [0.29, 0.717) is 30.8 Å². The normalized spacial score (nSPS) is 16.4. The molecule has 2 rings (SSSR count). The van der Waals surface area contributed by atoms with Crippen molar-refractivity contribution < 1.29 is 14.5 Å². The molecule has 0 bridgehead atoms. The summed E-state index contributed by atoms with van der Waals surface area (Å²) < 4.78 is 0. The highest BCUT2D eigenvalue weighted by Crippen LogP contribution is 2.23. The average molecular weight is 348 g/mol. The minimum Gasteiger partial charge on any atom is -0.341 e. The maximum Gasteiger partial charge on any atom is 0.318 e. The molecule has 1 N–H and O–H groups in total. The van der Waals surface area contributed by atoms with Gasteiger partial charge in [-0.3, -0.25) is 14.9 Å². The Balaban J connectivity index is 2.06. The molecular formula is C17H24N4O4. The van der Waals surface area contributed by atoms with E-state index in [1.54, 1.807) is 30.9 Å². The molecule has 1 fully saturated rings. The molecule has 0 radical (unpaired) electrons. The van der Waals surface area contributed by atoms with Crippen LogP contribution in [0.5, 0.6) is 0 Å². The second-order valence-corrected chi connectivity index (χ2v) is 6.22. The number of nitrogens with one attached hydrogen (secondary N) is 1. The van der Waals surface area contributed by atoms with E-state index in [-0.39, 0.29) is 24.2 Å². The van der Waals surface area contributed by atoms with E-state index in [0.717, 1.165) is 6.42 Å². The van der Waals surface area contributed by atoms with Gasteiger partial charge in [0.1, 0.15) is 6.54 Å². The van der Waals surface area contributed by atoms with Crippen molar-refractivity contribution in [3.05, 3.63) is 39.4 Å². The van der Waals surface area contributed by atoms with Crippen molar-refractivity contribution in [1.82, 2.24) is 15.1 Å². The van der Waals surface area contributed by atoms with E-state index < -0.39 is 11.0 Å². The number of aryl methyl sites for hydroxylation is 1. The van der Waals surface area contributed by atoms with Gasteiger partial charge in [0.25, 0.3) is 5.69 Å². The van der Waals surface area contributed by atoms with Crippen LogP contribution in [0.25, 0.3) is 0 Å². The van der Waals surface area contributed by atoms with Crippen LogP contribution in [0.15, 0.2) is 18.2 Å². The Morgan fingerprint density at radius 2 is 2.12 bits per heavy atom. The Labute approximate surface area is 146 Å². The van der Waals surface area contributed by atoms with E-state index >= 15 is 0 Å². The number of benzene rings is 1. The third kappa shape index (κ3) is 4.46. The van der Waals surface area contributed by atoms with Gasteiger partial charge in [0.15, 0.2) is 0 Å². The molecule has 1 saturated heterocycles. The molecular weight excluding hydrogens is 324 g/mol. The first-order valence-electron chi connectivity index (χ1n) is 8.41. The van der Waals surface area contributed by atoms with E-state index in [4.69, 9.17) is 0 Å². The van der Waals surface area contributed by atoms with Crippen LogP contribution in [0.3, 0.4) is 0 Å². The van der Waals surface area contributed by atoms with Crippen LogP contribution in [-0.4, -0.2) is 52.8 Å². The Bertz CT molecular complexity index is 677. The average Bonchev–Trinajstić information content (AvgIpc) is 2.76. The summed E-state index contributed by atoms with van der Waals surface area (Å²) >= 11 is 0. The number of likely N-dealkylation sites (N-methyl/N-ethyl adjacent to an activating group) is 1. The fourth-order valence-electron chi connectivity index (χ4n) is 2.88. The predicted octanol–water partition coefficient (Wildman–Crippen LogP) is 2.23. The maximum atomic E-state index is 12.5. The van der Waals surface area contributed by atoms with E-state index in [9.17, 15) is 19.7 Å². The van der Waals surface area contributed by atoms with Crippen LogP contribution < -0.4 is 5.32 Å². The Morgan fingerprint density at radius 3 is 2.76 bits per heavy atom. The summed E-state index contributed by atoms with van der Waals surface area (Å²) in [6.45, 7) is 7.21. The zero-order chi connectivity index (χ0) is 18.6. The van der Waals surface area contributed by atoms with Crippen LogP contribution in [0.1, 0.15) is 37.4 Å². The van der Waals surface area contributed by atoms with Crippen molar-refractivity contribution in [3.8, 4) is 0 Å². The van der Waals surface area contributed by atoms with Gasteiger partial charge in [0.2, 0.25) is 5.91 Å². The number of nitro groups is 1. The first-order valence-corrected chi connectivity index (χ1v) is 8.41. The molecule has 0 spiro atoms. The summed E-state index contributed by atoms with van der Waals surface area (Å²) in [6.07, 6.45) is 0.734. The number of nitrogens with zero attached hydrogens (tertiary/aromatic N) is 3. The quantitative estimate of drug-likeness (QED) is 0.666. The molecule has 8 heteroatoms. The van der Waals surface area contributed by atoms with Crippen LogP contribution in [0.2, 0.25) is 0 Å². The standard InChI is InChI=1S/C17H24N4O4/c1-4-19-8-5-9-20(11-16(19)22)17(23)18-13(3)14-7-6-12(2)15(10-14)21(24)25/h6-7,10,13H,4-5,8-9,11H2,1-3H3,(H,18,23)/t13-/m0/s1. The number of carbonyl (C=O) groups excluding carboxylic acids is 2. The Morgan fingerprint density at radius 1 is 1.40 bits per heavy atom. The molecule has 8 nitrogen and oxygen atoms in total. The molecule has 0 aliphatic carbocycles. The van der Waals surface area contributed by atoms with E-state index in [1.165, 1.54) is 11.0 Å². The second kappa shape index (κ2) is 7.96. The first-order chi connectivity index (χ1) is 11.8. The van der Waals surface area contributed by atoms with Crippen LogP contribution in [0.4, 0.5) is 10.5 Å². The molecule has 1 atom stereocenters. The SMILES string of the molecule is CCN1CCCN(C(=O)N[C@@H](C)c2ccc(C)c([N+](=O)[O-])c2)CC1=O. The van der Waals surface area contributed by atoms with Gasteiger partial charge in [-0.1, -0.05) is 12.1 Å². The highest BCUT2D eigenvalue weighted by Gasteiger charge is 2.25. The van der Waals surface area contributed by atoms with Crippen molar-refractivity contribution in [1.29, 1.82) is 0 Å². The molecule has 1 aliphatic heterocycles. The minimum absolute atomic E-state index is 0.0298. The number of amides is 3. The molecule has 1 heterocycles. The zero-order valence-electron chi connectivity index (χ0n) is 14.8. The van der Waals surface area contributed by atoms with Crippen LogP contribution >= 0.6 is 0 Å². The van der Waals surface area contributed by atoms with Gasteiger partial charge in [-0.2, -0.15) is 0 Å². The largest absolute Gasteiger partial charge is 0.341 e. The fourth-order valence-corrected chi connectivity index (χ4v) is 2.88. The number of carbonyl (C=O) groups is 2. The lowest BCUT2D eigenvalue weighted by Gasteiger charge is -2.23. The number of nitro benzene ring substituents is 1.